The van der Waals surface area contributed by atoms with E-state index >= 15 is 0 Å². The molecule has 0 spiro atoms. The van der Waals surface area contributed by atoms with E-state index in [4.69, 9.17) is 5.11 Å². The largest absolute Gasteiger partial charge is 0.481 e. The fourth-order valence-electron chi connectivity index (χ4n) is 2.94. The third-order valence-electron chi connectivity index (χ3n) is 4.18. The van der Waals surface area contributed by atoms with Gasteiger partial charge >= 0.3 is 5.97 Å². The second-order valence-corrected chi connectivity index (χ2v) is 6.22. The van der Waals surface area contributed by atoms with Crippen LogP contribution in [0.1, 0.15) is 25.0 Å². The molecule has 6 nitrogen and oxygen atoms in total. The van der Waals surface area contributed by atoms with Gasteiger partial charge in [-0.25, -0.2) is 4.68 Å². The molecule has 0 radical (unpaired) electrons. The first-order valence-corrected chi connectivity index (χ1v) is 8.78. The van der Waals surface area contributed by atoms with Crippen molar-refractivity contribution in [1.29, 1.82) is 0 Å². The SMILES string of the molecule is Cc1nn(-c2ccccc2)c(NC(=O)CCCC(=O)O)c1-c1ccccc1. The number of aryl methyl sites for hydroxylation is 1. The predicted molar refractivity (Wildman–Crippen MR) is 104 cm³/mol. The summed E-state index contributed by atoms with van der Waals surface area (Å²) >= 11 is 0. The molecule has 0 unspecified atom stereocenters. The first-order valence-electron chi connectivity index (χ1n) is 8.78. The Labute approximate surface area is 157 Å². The standard InChI is InChI=1S/C21H21N3O3/c1-15-20(16-9-4-2-5-10-16)21(22-18(25)13-8-14-19(26)27)24(23-15)17-11-6-3-7-12-17/h2-7,9-12H,8,13-14H2,1H3,(H,22,25)(H,26,27). The van der Waals surface area contributed by atoms with Crippen molar-refractivity contribution in [3.8, 4) is 16.8 Å². The Morgan fingerprint density at radius 3 is 2.26 bits per heavy atom. The number of nitrogens with one attached hydrogen (secondary N) is 1. The van der Waals surface area contributed by atoms with Crippen LogP contribution in [0.5, 0.6) is 0 Å². The highest BCUT2D eigenvalue weighted by molar-refractivity contribution is 5.95. The van der Waals surface area contributed by atoms with Crippen molar-refractivity contribution < 1.29 is 14.7 Å². The van der Waals surface area contributed by atoms with Crippen LogP contribution in [0.4, 0.5) is 5.82 Å². The van der Waals surface area contributed by atoms with Crippen LogP contribution in [-0.2, 0) is 9.59 Å². The predicted octanol–water partition coefficient (Wildman–Crippen LogP) is 4.04. The molecular weight excluding hydrogens is 342 g/mol. The first kappa shape index (κ1) is 18.4. The van der Waals surface area contributed by atoms with Gasteiger partial charge in [0.1, 0.15) is 5.82 Å². The quantitative estimate of drug-likeness (QED) is 0.663. The Bertz CT molecular complexity index is 934. The summed E-state index contributed by atoms with van der Waals surface area (Å²) in [5, 5.41) is 16.3. The van der Waals surface area contributed by atoms with E-state index in [1.165, 1.54) is 0 Å². The minimum Gasteiger partial charge on any atom is -0.481 e. The maximum atomic E-state index is 12.4. The molecule has 0 saturated carbocycles. The fraction of sp³-hybridized carbons (Fsp3) is 0.190. The van der Waals surface area contributed by atoms with Gasteiger partial charge < -0.3 is 10.4 Å². The van der Waals surface area contributed by atoms with Crippen molar-refractivity contribution >= 4 is 17.7 Å². The third-order valence-corrected chi connectivity index (χ3v) is 4.18. The summed E-state index contributed by atoms with van der Waals surface area (Å²) in [5.74, 6) is -0.548. The van der Waals surface area contributed by atoms with Crippen molar-refractivity contribution in [3.05, 3.63) is 66.4 Å². The average Bonchev–Trinajstić information content (AvgIpc) is 2.98. The number of anilines is 1. The molecule has 2 aromatic carbocycles. The molecule has 3 aromatic rings. The third kappa shape index (κ3) is 4.41. The number of amides is 1. The lowest BCUT2D eigenvalue weighted by Crippen LogP contribution is -2.15. The van der Waals surface area contributed by atoms with Crippen molar-refractivity contribution in [2.45, 2.75) is 26.2 Å². The molecule has 1 amide bonds. The van der Waals surface area contributed by atoms with Crippen LogP contribution < -0.4 is 5.32 Å². The van der Waals surface area contributed by atoms with E-state index in [0.29, 0.717) is 12.2 Å². The highest BCUT2D eigenvalue weighted by Gasteiger charge is 2.20. The summed E-state index contributed by atoms with van der Waals surface area (Å²) in [5.41, 5.74) is 3.44. The van der Waals surface area contributed by atoms with E-state index in [-0.39, 0.29) is 18.7 Å². The molecular formula is C21H21N3O3. The maximum absolute atomic E-state index is 12.4. The molecule has 0 aliphatic heterocycles. The van der Waals surface area contributed by atoms with Crippen molar-refractivity contribution in [3.63, 3.8) is 0 Å². The fourth-order valence-corrected chi connectivity index (χ4v) is 2.94. The normalized spacial score (nSPS) is 10.6. The van der Waals surface area contributed by atoms with Crippen molar-refractivity contribution in [2.24, 2.45) is 0 Å². The summed E-state index contributed by atoms with van der Waals surface area (Å²) in [6, 6.07) is 19.3. The molecule has 0 bridgehead atoms. The molecule has 0 saturated heterocycles. The number of para-hydroxylation sites is 1. The summed E-state index contributed by atoms with van der Waals surface area (Å²) < 4.78 is 1.72. The summed E-state index contributed by atoms with van der Waals surface area (Å²) in [6.07, 6.45) is 0.399. The number of aliphatic carboxylic acids is 1. The van der Waals surface area contributed by atoms with Crippen LogP contribution in [0, 0.1) is 6.92 Å². The Balaban J connectivity index is 1.98. The minimum atomic E-state index is -0.905. The zero-order valence-electron chi connectivity index (χ0n) is 15.1. The molecule has 0 aliphatic rings. The van der Waals surface area contributed by atoms with Crippen LogP contribution in [0.2, 0.25) is 0 Å². The molecule has 0 aliphatic carbocycles. The molecule has 3 rings (SSSR count). The number of carboxylic acids is 1. The van der Waals surface area contributed by atoms with E-state index in [2.05, 4.69) is 10.4 Å². The summed E-state index contributed by atoms with van der Waals surface area (Å²) in [6.45, 7) is 1.90. The van der Waals surface area contributed by atoms with E-state index in [0.717, 1.165) is 22.5 Å². The zero-order valence-corrected chi connectivity index (χ0v) is 15.1. The van der Waals surface area contributed by atoms with Crippen LogP contribution in [0.25, 0.3) is 16.8 Å². The smallest absolute Gasteiger partial charge is 0.303 e. The number of aromatic nitrogens is 2. The van der Waals surface area contributed by atoms with Gasteiger partial charge in [-0.2, -0.15) is 5.10 Å². The highest BCUT2D eigenvalue weighted by atomic mass is 16.4. The lowest BCUT2D eigenvalue weighted by Gasteiger charge is -2.11. The Morgan fingerprint density at radius 1 is 1.00 bits per heavy atom. The second kappa shape index (κ2) is 8.31. The molecule has 0 fully saturated rings. The van der Waals surface area contributed by atoms with Gasteiger partial charge in [-0.15, -0.1) is 0 Å². The second-order valence-electron chi connectivity index (χ2n) is 6.22. The van der Waals surface area contributed by atoms with Gasteiger partial charge in [0.05, 0.1) is 11.4 Å². The number of rotatable bonds is 7. The average molecular weight is 363 g/mol. The number of carbonyl (C=O) groups is 2. The number of hydrogen-bond acceptors (Lipinski definition) is 3. The van der Waals surface area contributed by atoms with E-state index in [9.17, 15) is 9.59 Å². The van der Waals surface area contributed by atoms with Crippen LogP contribution in [-0.4, -0.2) is 26.8 Å². The van der Waals surface area contributed by atoms with Gasteiger partial charge in [-0.3, -0.25) is 9.59 Å². The van der Waals surface area contributed by atoms with Crippen LogP contribution in [0.15, 0.2) is 60.7 Å². The molecule has 0 atom stereocenters. The van der Waals surface area contributed by atoms with Crippen molar-refractivity contribution in [1.82, 2.24) is 9.78 Å². The maximum Gasteiger partial charge on any atom is 0.303 e. The zero-order chi connectivity index (χ0) is 19.2. The lowest BCUT2D eigenvalue weighted by atomic mass is 10.1. The van der Waals surface area contributed by atoms with Gasteiger partial charge in [0, 0.05) is 18.4 Å². The van der Waals surface area contributed by atoms with Gasteiger partial charge in [-0.1, -0.05) is 48.5 Å². The lowest BCUT2D eigenvalue weighted by molar-refractivity contribution is -0.137. The van der Waals surface area contributed by atoms with E-state index in [1.54, 1.807) is 4.68 Å². The number of benzene rings is 2. The number of nitrogens with zero attached hydrogens (tertiary/aromatic N) is 2. The number of hydrogen-bond donors (Lipinski definition) is 2. The molecule has 1 heterocycles. The van der Waals surface area contributed by atoms with E-state index < -0.39 is 5.97 Å². The Kier molecular flexibility index (Phi) is 5.66. The topological polar surface area (TPSA) is 84.2 Å². The number of carboxylic acid groups (broad SMARTS) is 1. The Hall–Kier alpha value is -3.41. The van der Waals surface area contributed by atoms with Gasteiger partial charge in [0.25, 0.3) is 0 Å². The van der Waals surface area contributed by atoms with Crippen LogP contribution >= 0.6 is 0 Å². The van der Waals surface area contributed by atoms with Gasteiger partial charge in [-0.05, 0) is 31.0 Å². The highest BCUT2D eigenvalue weighted by Crippen LogP contribution is 2.33. The molecule has 1 aromatic heterocycles. The number of carbonyl (C=O) groups excluding carboxylic acids is 1. The molecule has 138 valence electrons. The Morgan fingerprint density at radius 2 is 1.63 bits per heavy atom. The monoisotopic (exact) mass is 363 g/mol. The van der Waals surface area contributed by atoms with Crippen molar-refractivity contribution in [2.75, 3.05) is 5.32 Å². The van der Waals surface area contributed by atoms with Crippen LogP contribution in [0.3, 0.4) is 0 Å². The van der Waals surface area contributed by atoms with Gasteiger partial charge in [0.15, 0.2) is 0 Å². The summed E-state index contributed by atoms with van der Waals surface area (Å²) in [4.78, 5) is 23.1. The molecule has 27 heavy (non-hydrogen) atoms. The molecule has 6 heteroatoms. The first-order chi connectivity index (χ1) is 13.1. The molecule has 2 N–H and O–H groups in total. The summed E-state index contributed by atoms with van der Waals surface area (Å²) in [7, 11) is 0. The van der Waals surface area contributed by atoms with E-state index in [1.807, 2.05) is 67.6 Å². The van der Waals surface area contributed by atoms with Gasteiger partial charge in [0.2, 0.25) is 5.91 Å². The minimum absolute atomic E-state index is 0.0318.